The van der Waals surface area contributed by atoms with Crippen LogP contribution in [0, 0.1) is 0 Å². The summed E-state index contributed by atoms with van der Waals surface area (Å²) in [6.45, 7) is 0.480. The maximum absolute atomic E-state index is 12.3. The van der Waals surface area contributed by atoms with Gasteiger partial charge in [0.15, 0.2) is 0 Å². The molecule has 0 radical (unpaired) electrons. The highest BCUT2D eigenvalue weighted by atomic mass is 16.5. The normalized spacial score (nSPS) is 18.7. The number of hydrogen-bond acceptors (Lipinski definition) is 3. The summed E-state index contributed by atoms with van der Waals surface area (Å²) in [5.74, 6) is -0.758. The largest absolute Gasteiger partial charge is 0.496 e. The number of carboxylic acids is 1. The molecule has 1 fully saturated rings. The van der Waals surface area contributed by atoms with Crippen molar-refractivity contribution >= 4 is 11.9 Å². The number of carboxylic acid groups (broad SMARTS) is 1. The smallest absolute Gasteiger partial charge is 0.326 e. The van der Waals surface area contributed by atoms with Crippen LogP contribution in [0.2, 0.25) is 0 Å². The number of carbonyl (C=O) groups is 2. The van der Waals surface area contributed by atoms with Crippen LogP contribution in [0.1, 0.15) is 23.2 Å². The summed E-state index contributed by atoms with van der Waals surface area (Å²) < 4.78 is 5.13. The first-order valence-corrected chi connectivity index (χ1v) is 5.82. The Balaban J connectivity index is 2.28. The molecule has 1 heterocycles. The molecule has 1 aromatic rings. The van der Waals surface area contributed by atoms with E-state index in [1.165, 1.54) is 12.0 Å². The lowest BCUT2D eigenvalue weighted by molar-refractivity contribution is -0.141. The predicted octanol–water partition coefficient (Wildman–Crippen LogP) is 1.38. The van der Waals surface area contributed by atoms with Crippen LogP contribution < -0.4 is 4.74 Å². The Kier molecular flexibility index (Phi) is 3.50. The number of rotatable bonds is 3. The van der Waals surface area contributed by atoms with Crippen molar-refractivity contribution in [2.75, 3.05) is 13.7 Å². The third-order valence-corrected chi connectivity index (χ3v) is 3.14. The van der Waals surface area contributed by atoms with E-state index in [-0.39, 0.29) is 5.91 Å². The van der Waals surface area contributed by atoms with Crippen LogP contribution in [0.25, 0.3) is 0 Å². The first-order chi connectivity index (χ1) is 8.65. The van der Waals surface area contributed by atoms with E-state index in [0.717, 1.165) is 6.42 Å². The molecule has 18 heavy (non-hydrogen) atoms. The van der Waals surface area contributed by atoms with Gasteiger partial charge in [-0.1, -0.05) is 12.1 Å². The summed E-state index contributed by atoms with van der Waals surface area (Å²) in [6, 6.07) is 6.13. The van der Waals surface area contributed by atoms with Gasteiger partial charge in [0.05, 0.1) is 12.7 Å². The summed E-state index contributed by atoms with van der Waals surface area (Å²) >= 11 is 0. The van der Waals surface area contributed by atoms with Gasteiger partial charge in [-0.25, -0.2) is 4.79 Å². The first kappa shape index (κ1) is 12.4. The number of hydrogen-bond donors (Lipinski definition) is 1. The van der Waals surface area contributed by atoms with Crippen molar-refractivity contribution in [1.29, 1.82) is 0 Å². The lowest BCUT2D eigenvalue weighted by Crippen LogP contribution is -2.40. The number of aliphatic carboxylic acids is 1. The van der Waals surface area contributed by atoms with Gasteiger partial charge < -0.3 is 14.7 Å². The third-order valence-electron chi connectivity index (χ3n) is 3.14. The van der Waals surface area contributed by atoms with Crippen LogP contribution in [0.4, 0.5) is 0 Å². The number of para-hydroxylation sites is 1. The molecule has 5 heteroatoms. The summed E-state index contributed by atoms with van der Waals surface area (Å²) in [6.07, 6.45) is 1.23. The van der Waals surface area contributed by atoms with E-state index in [2.05, 4.69) is 0 Å². The van der Waals surface area contributed by atoms with Crippen molar-refractivity contribution < 1.29 is 19.4 Å². The van der Waals surface area contributed by atoms with Crippen molar-refractivity contribution in [3.63, 3.8) is 0 Å². The molecule has 0 unspecified atom stereocenters. The Hall–Kier alpha value is -2.04. The molecule has 0 aromatic heterocycles. The summed E-state index contributed by atoms with van der Waals surface area (Å²) in [4.78, 5) is 24.8. The molecule has 1 N–H and O–H groups in total. The third kappa shape index (κ3) is 2.16. The Morgan fingerprint density at radius 3 is 2.78 bits per heavy atom. The van der Waals surface area contributed by atoms with Crippen LogP contribution in [0.3, 0.4) is 0 Å². The number of likely N-dealkylation sites (tertiary alicyclic amines) is 1. The van der Waals surface area contributed by atoms with Crippen molar-refractivity contribution in [3.05, 3.63) is 29.8 Å². The molecule has 1 atom stereocenters. The van der Waals surface area contributed by atoms with Gasteiger partial charge in [-0.15, -0.1) is 0 Å². The number of ether oxygens (including phenoxy) is 1. The first-order valence-electron chi connectivity index (χ1n) is 5.82. The molecule has 0 spiro atoms. The Bertz CT molecular complexity index is 472. The SMILES string of the molecule is COc1ccccc1C(=O)N1CCC[C@@H]1C(=O)O. The molecule has 1 saturated heterocycles. The molecule has 1 aliphatic rings. The molecule has 0 bridgehead atoms. The zero-order valence-electron chi connectivity index (χ0n) is 10.1. The van der Waals surface area contributed by atoms with Gasteiger partial charge >= 0.3 is 5.97 Å². The number of amides is 1. The van der Waals surface area contributed by atoms with Gasteiger partial charge in [-0.3, -0.25) is 4.79 Å². The number of benzene rings is 1. The molecule has 0 saturated carbocycles. The van der Waals surface area contributed by atoms with Crippen LogP contribution in [-0.4, -0.2) is 41.6 Å². The standard InChI is InChI=1S/C13H15NO4/c1-18-11-7-3-2-5-9(11)12(15)14-8-4-6-10(14)13(16)17/h2-3,5,7,10H,4,6,8H2,1H3,(H,16,17)/t10-/m1/s1. The number of nitrogens with zero attached hydrogens (tertiary/aromatic N) is 1. The average Bonchev–Trinajstić information content (AvgIpc) is 2.87. The Morgan fingerprint density at radius 2 is 2.11 bits per heavy atom. The minimum absolute atomic E-state index is 0.280. The van der Waals surface area contributed by atoms with E-state index in [1.807, 2.05) is 0 Å². The monoisotopic (exact) mass is 249 g/mol. The van der Waals surface area contributed by atoms with Crippen molar-refractivity contribution in [2.45, 2.75) is 18.9 Å². The van der Waals surface area contributed by atoms with E-state index in [9.17, 15) is 9.59 Å². The average molecular weight is 249 g/mol. The van der Waals surface area contributed by atoms with E-state index in [0.29, 0.717) is 24.3 Å². The maximum Gasteiger partial charge on any atom is 0.326 e. The summed E-state index contributed by atoms with van der Waals surface area (Å²) in [5, 5.41) is 9.08. The highest BCUT2D eigenvalue weighted by Gasteiger charge is 2.35. The van der Waals surface area contributed by atoms with Gasteiger partial charge in [-0.05, 0) is 25.0 Å². The zero-order valence-corrected chi connectivity index (χ0v) is 10.1. The van der Waals surface area contributed by atoms with Crippen molar-refractivity contribution in [1.82, 2.24) is 4.90 Å². The molecule has 1 aliphatic heterocycles. The van der Waals surface area contributed by atoms with Crippen LogP contribution in [-0.2, 0) is 4.79 Å². The quantitative estimate of drug-likeness (QED) is 0.879. The van der Waals surface area contributed by atoms with Crippen molar-refractivity contribution in [2.24, 2.45) is 0 Å². The Morgan fingerprint density at radius 1 is 1.39 bits per heavy atom. The molecular formula is C13H15NO4. The highest BCUT2D eigenvalue weighted by molar-refractivity contribution is 5.99. The second kappa shape index (κ2) is 5.08. The zero-order chi connectivity index (χ0) is 13.1. The predicted molar refractivity (Wildman–Crippen MR) is 64.7 cm³/mol. The fourth-order valence-electron chi connectivity index (χ4n) is 2.24. The van der Waals surface area contributed by atoms with Gasteiger partial charge in [0.1, 0.15) is 11.8 Å². The second-order valence-electron chi connectivity index (χ2n) is 4.20. The van der Waals surface area contributed by atoms with Crippen LogP contribution in [0.15, 0.2) is 24.3 Å². The summed E-state index contributed by atoms with van der Waals surface area (Å²) in [7, 11) is 1.49. The fraction of sp³-hybridized carbons (Fsp3) is 0.385. The molecule has 2 rings (SSSR count). The van der Waals surface area contributed by atoms with E-state index in [4.69, 9.17) is 9.84 Å². The summed E-state index contributed by atoms with van der Waals surface area (Å²) in [5.41, 5.74) is 0.410. The molecule has 1 amide bonds. The van der Waals surface area contributed by atoms with E-state index in [1.54, 1.807) is 24.3 Å². The minimum Gasteiger partial charge on any atom is -0.496 e. The Labute approximate surface area is 105 Å². The lowest BCUT2D eigenvalue weighted by Gasteiger charge is -2.22. The van der Waals surface area contributed by atoms with Gasteiger partial charge in [0.25, 0.3) is 5.91 Å². The van der Waals surface area contributed by atoms with Crippen molar-refractivity contribution in [3.8, 4) is 5.75 Å². The van der Waals surface area contributed by atoms with Crippen LogP contribution in [0.5, 0.6) is 5.75 Å². The minimum atomic E-state index is -0.948. The molecule has 0 aliphatic carbocycles. The van der Waals surface area contributed by atoms with E-state index < -0.39 is 12.0 Å². The molecular weight excluding hydrogens is 234 g/mol. The molecule has 96 valence electrons. The maximum atomic E-state index is 12.3. The number of carbonyl (C=O) groups excluding carboxylic acids is 1. The second-order valence-corrected chi connectivity index (χ2v) is 4.20. The van der Waals surface area contributed by atoms with Gasteiger partial charge in [0, 0.05) is 6.54 Å². The van der Waals surface area contributed by atoms with Gasteiger partial charge in [0.2, 0.25) is 0 Å². The number of methoxy groups -OCH3 is 1. The lowest BCUT2D eigenvalue weighted by atomic mass is 10.1. The molecule has 5 nitrogen and oxygen atoms in total. The fourth-order valence-corrected chi connectivity index (χ4v) is 2.24. The molecule has 1 aromatic carbocycles. The van der Waals surface area contributed by atoms with E-state index >= 15 is 0 Å². The van der Waals surface area contributed by atoms with Gasteiger partial charge in [-0.2, -0.15) is 0 Å². The van der Waals surface area contributed by atoms with Crippen LogP contribution >= 0.6 is 0 Å². The highest BCUT2D eigenvalue weighted by Crippen LogP contribution is 2.24. The topological polar surface area (TPSA) is 66.8 Å².